The lowest BCUT2D eigenvalue weighted by Crippen LogP contribution is -2.10. The summed E-state index contributed by atoms with van der Waals surface area (Å²) in [5, 5.41) is 9.43. The van der Waals surface area contributed by atoms with Crippen LogP contribution in [0.5, 0.6) is 0 Å². The fourth-order valence-electron chi connectivity index (χ4n) is 1.78. The average Bonchev–Trinajstić information content (AvgIpc) is 2.39. The third-order valence-corrected chi connectivity index (χ3v) is 2.90. The van der Waals surface area contributed by atoms with Gasteiger partial charge in [-0.2, -0.15) is 0 Å². The van der Waals surface area contributed by atoms with Crippen LogP contribution in [0, 0.1) is 0 Å². The number of carbonyl (C=O) groups excluding carboxylic acids is 1. The molecule has 0 bridgehead atoms. The predicted octanol–water partition coefficient (Wildman–Crippen LogP) is 2.51. The molecule has 2 aromatic carbocycles. The fourth-order valence-corrected chi connectivity index (χ4v) is 1.78. The van der Waals surface area contributed by atoms with Crippen LogP contribution in [0.2, 0.25) is 0 Å². The molecule has 3 nitrogen and oxygen atoms in total. The van der Waals surface area contributed by atoms with Gasteiger partial charge in [0, 0.05) is 5.56 Å². The van der Waals surface area contributed by atoms with Crippen LogP contribution in [0.15, 0.2) is 48.5 Å². The van der Waals surface area contributed by atoms with E-state index in [9.17, 15) is 9.90 Å². The summed E-state index contributed by atoms with van der Waals surface area (Å²) in [4.78, 5) is 11.0. The van der Waals surface area contributed by atoms with E-state index in [1.54, 1.807) is 19.1 Å². The zero-order chi connectivity index (χ0) is 13.1. The van der Waals surface area contributed by atoms with E-state index < -0.39 is 12.0 Å². The number of aliphatic hydroxyl groups is 1. The van der Waals surface area contributed by atoms with Crippen LogP contribution in [-0.4, -0.2) is 11.0 Å². The number of hydrogen-bond donors (Lipinski definition) is 2. The van der Waals surface area contributed by atoms with E-state index in [0.717, 1.165) is 16.7 Å². The minimum atomic E-state index is -0.462. The normalized spacial score (nSPS) is 12.1. The summed E-state index contributed by atoms with van der Waals surface area (Å²) in [6, 6.07) is 14.8. The molecule has 0 radical (unpaired) electrons. The van der Waals surface area contributed by atoms with Gasteiger partial charge in [0.05, 0.1) is 6.10 Å². The topological polar surface area (TPSA) is 63.3 Å². The van der Waals surface area contributed by atoms with Gasteiger partial charge in [0.15, 0.2) is 0 Å². The van der Waals surface area contributed by atoms with Crippen LogP contribution >= 0.6 is 0 Å². The Morgan fingerprint density at radius 2 is 1.44 bits per heavy atom. The van der Waals surface area contributed by atoms with E-state index in [1.807, 2.05) is 36.4 Å². The van der Waals surface area contributed by atoms with Crippen LogP contribution in [-0.2, 0) is 0 Å². The van der Waals surface area contributed by atoms with E-state index in [0.29, 0.717) is 5.56 Å². The Hall–Kier alpha value is -2.13. The average molecular weight is 241 g/mol. The van der Waals surface area contributed by atoms with Crippen molar-refractivity contribution in [3.8, 4) is 11.1 Å². The number of hydrogen-bond acceptors (Lipinski definition) is 2. The molecule has 0 aliphatic rings. The lowest BCUT2D eigenvalue weighted by Gasteiger charge is -2.07. The van der Waals surface area contributed by atoms with Crippen LogP contribution in [0.3, 0.4) is 0 Å². The van der Waals surface area contributed by atoms with Crippen molar-refractivity contribution in [2.45, 2.75) is 13.0 Å². The lowest BCUT2D eigenvalue weighted by atomic mass is 10.0. The highest BCUT2D eigenvalue weighted by Gasteiger charge is 2.03. The highest BCUT2D eigenvalue weighted by Crippen LogP contribution is 2.22. The molecule has 0 saturated heterocycles. The molecule has 2 rings (SSSR count). The quantitative estimate of drug-likeness (QED) is 0.867. The lowest BCUT2D eigenvalue weighted by molar-refractivity contribution is 0.100. The molecule has 3 N–H and O–H groups in total. The number of benzene rings is 2. The summed E-state index contributed by atoms with van der Waals surface area (Å²) >= 11 is 0. The Morgan fingerprint density at radius 1 is 1.00 bits per heavy atom. The number of amides is 1. The first-order chi connectivity index (χ1) is 8.58. The van der Waals surface area contributed by atoms with Gasteiger partial charge in [0.25, 0.3) is 0 Å². The molecule has 92 valence electrons. The Morgan fingerprint density at radius 3 is 1.83 bits per heavy atom. The van der Waals surface area contributed by atoms with Gasteiger partial charge >= 0.3 is 0 Å². The molecule has 1 atom stereocenters. The third kappa shape index (κ3) is 2.57. The fraction of sp³-hybridized carbons (Fsp3) is 0.133. The zero-order valence-electron chi connectivity index (χ0n) is 10.1. The molecule has 0 fully saturated rings. The Kier molecular flexibility index (Phi) is 3.44. The molecule has 1 amide bonds. The largest absolute Gasteiger partial charge is 0.389 e. The standard InChI is InChI=1S/C15H15NO2/c1-10(17)11-2-4-12(5-3-11)13-6-8-14(9-7-13)15(16)18/h2-10,17H,1H3,(H2,16,18). The molecule has 1 unspecified atom stereocenters. The van der Waals surface area contributed by atoms with E-state index in [4.69, 9.17) is 5.73 Å². The predicted molar refractivity (Wildman–Crippen MR) is 71.0 cm³/mol. The highest BCUT2D eigenvalue weighted by atomic mass is 16.3. The van der Waals surface area contributed by atoms with Crippen molar-refractivity contribution >= 4 is 5.91 Å². The second-order valence-electron chi connectivity index (χ2n) is 4.24. The Bertz CT molecular complexity index is 542. The second kappa shape index (κ2) is 5.02. The second-order valence-corrected chi connectivity index (χ2v) is 4.24. The first-order valence-corrected chi connectivity index (χ1v) is 5.76. The summed E-state index contributed by atoms with van der Waals surface area (Å²) in [7, 11) is 0. The van der Waals surface area contributed by atoms with Crippen molar-refractivity contribution in [2.24, 2.45) is 5.73 Å². The van der Waals surface area contributed by atoms with Gasteiger partial charge in [-0.25, -0.2) is 0 Å². The first kappa shape index (κ1) is 12.3. The van der Waals surface area contributed by atoms with E-state index in [-0.39, 0.29) is 0 Å². The van der Waals surface area contributed by atoms with Crippen molar-refractivity contribution in [1.29, 1.82) is 0 Å². The molecular weight excluding hydrogens is 226 g/mol. The Labute approximate surface area is 106 Å². The van der Waals surface area contributed by atoms with Gasteiger partial charge in [-0.05, 0) is 35.7 Å². The van der Waals surface area contributed by atoms with Crippen molar-refractivity contribution in [3.63, 3.8) is 0 Å². The molecule has 0 aromatic heterocycles. The van der Waals surface area contributed by atoms with Crippen LogP contribution < -0.4 is 5.73 Å². The van der Waals surface area contributed by atoms with E-state index in [2.05, 4.69) is 0 Å². The summed E-state index contributed by atoms with van der Waals surface area (Å²) in [6.45, 7) is 1.73. The number of carbonyl (C=O) groups is 1. The molecule has 3 heteroatoms. The number of aliphatic hydroxyl groups excluding tert-OH is 1. The molecule has 2 aromatic rings. The van der Waals surface area contributed by atoms with Crippen molar-refractivity contribution in [3.05, 3.63) is 59.7 Å². The molecule has 0 aliphatic heterocycles. The van der Waals surface area contributed by atoms with Crippen molar-refractivity contribution < 1.29 is 9.90 Å². The maximum absolute atomic E-state index is 11.0. The van der Waals surface area contributed by atoms with Gasteiger partial charge in [0.1, 0.15) is 0 Å². The van der Waals surface area contributed by atoms with Crippen LogP contribution in [0.1, 0.15) is 28.9 Å². The third-order valence-electron chi connectivity index (χ3n) is 2.90. The minimum absolute atomic E-state index is 0.425. The smallest absolute Gasteiger partial charge is 0.248 e. The SMILES string of the molecule is CC(O)c1ccc(-c2ccc(C(N)=O)cc2)cc1. The number of rotatable bonds is 3. The molecule has 18 heavy (non-hydrogen) atoms. The molecule has 0 spiro atoms. The van der Waals surface area contributed by atoms with Crippen LogP contribution in [0.25, 0.3) is 11.1 Å². The molecule has 0 aliphatic carbocycles. The summed E-state index contributed by atoms with van der Waals surface area (Å²) in [5.74, 6) is -0.425. The molecular formula is C15H15NO2. The van der Waals surface area contributed by atoms with E-state index >= 15 is 0 Å². The number of primary amides is 1. The first-order valence-electron chi connectivity index (χ1n) is 5.76. The summed E-state index contributed by atoms with van der Waals surface area (Å²) in [5.41, 5.74) is 8.62. The summed E-state index contributed by atoms with van der Waals surface area (Å²) < 4.78 is 0. The highest BCUT2D eigenvalue weighted by molar-refractivity contribution is 5.93. The maximum Gasteiger partial charge on any atom is 0.248 e. The molecule has 0 saturated carbocycles. The maximum atomic E-state index is 11.0. The number of nitrogens with two attached hydrogens (primary N) is 1. The van der Waals surface area contributed by atoms with Gasteiger partial charge in [-0.1, -0.05) is 36.4 Å². The van der Waals surface area contributed by atoms with Crippen molar-refractivity contribution in [1.82, 2.24) is 0 Å². The Balaban J connectivity index is 2.28. The minimum Gasteiger partial charge on any atom is -0.389 e. The van der Waals surface area contributed by atoms with Gasteiger partial charge in [-0.3, -0.25) is 4.79 Å². The monoisotopic (exact) mass is 241 g/mol. The van der Waals surface area contributed by atoms with Gasteiger partial charge < -0.3 is 10.8 Å². The molecule has 0 heterocycles. The van der Waals surface area contributed by atoms with Gasteiger partial charge in [0.2, 0.25) is 5.91 Å². The summed E-state index contributed by atoms with van der Waals surface area (Å²) in [6.07, 6.45) is -0.462. The van der Waals surface area contributed by atoms with E-state index in [1.165, 1.54) is 0 Å². The van der Waals surface area contributed by atoms with Crippen molar-refractivity contribution in [2.75, 3.05) is 0 Å². The zero-order valence-corrected chi connectivity index (χ0v) is 10.1. The van der Waals surface area contributed by atoms with Gasteiger partial charge in [-0.15, -0.1) is 0 Å². The van der Waals surface area contributed by atoms with Crippen LogP contribution in [0.4, 0.5) is 0 Å².